The summed E-state index contributed by atoms with van der Waals surface area (Å²) < 4.78 is -0.0466. The second kappa shape index (κ2) is 5.93. The molecule has 1 aliphatic rings. The van der Waals surface area contributed by atoms with Gasteiger partial charge in [0.05, 0.1) is 4.75 Å². The Morgan fingerprint density at radius 3 is 2.33 bits per heavy atom. The van der Waals surface area contributed by atoms with Gasteiger partial charge in [-0.3, -0.25) is 4.79 Å². The van der Waals surface area contributed by atoms with Gasteiger partial charge in [-0.2, -0.15) is 0 Å². The average Bonchev–Trinajstić information content (AvgIpc) is 2.65. The van der Waals surface area contributed by atoms with Crippen LogP contribution in [0.3, 0.4) is 0 Å². The maximum absolute atomic E-state index is 12.4. The fourth-order valence-electron chi connectivity index (χ4n) is 2.51. The van der Waals surface area contributed by atoms with Gasteiger partial charge in [-0.05, 0) is 38.4 Å². The zero-order valence-electron chi connectivity index (χ0n) is 10.3. The van der Waals surface area contributed by atoms with E-state index in [1.54, 1.807) is 0 Å². The number of carbonyl (C=O) groups is 1. The van der Waals surface area contributed by atoms with Gasteiger partial charge in [0.15, 0.2) is 5.78 Å². The fraction of sp³-hybridized carbons (Fsp3) is 0.923. The SMILES string of the molecule is CCCC(CCC)C(=O)C1(C)CCCS1. The summed E-state index contributed by atoms with van der Waals surface area (Å²) in [7, 11) is 0. The second-order valence-electron chi connectivity index (χ2n) is 4.82. The second-order valence-corrected chi connectivity index (χ2v) is 6.42. The zero-order chi connectivity index (χ0) is 11.3. The van der Waals surface area contributed by atoms with Gasteiger partial charge in [0, 0.05) is 5.92 Å². The standard InChI is InChI=1S/C13H24OS/c1-4-7-11(8-5-2)12(14)13(3)9-6-10-15-13/h11H,4-10H2,1-3H3. The summed E-state index contributed by atoms with van der Waals surface area (Å²) in [5, 5.41) is 0. The van der Waals surface area contributed by atoms with E-state index in [1.807, 2.05) is 11.8 Å². The molecule has 0 aromatic rings. The van der Waals surface area contributed by atoms with Crippen molar-refractivity contribution in [2.45, 2.75) is 64.0 Å². The Kier molecular flexibility index (Phi) is 5.17. The molecule has 0 spiro atoms. The Labute approximate surface area is 98.4 Å². The van der Waals surface area contributed by atoms with Crippen LogP contribution in [0.1, 0.15) is 59.3 Å². The Morgan fingerprint density at radius 2 is 1.93 bits per heavy atom. The molecule has 1 atom stereocenters. The van der Waals surface area contributed by atoms with Gasteiger partial charge in [-0.1, -0.05) is 26.7 Å². The van der Waals surface area contributed by atoms with Crippen molar-refractivity contribution in [3.05, 3.63) is 0 Å². The normalized spacial score (nSPS) is 26.1. The van der Waals surface area contributed by atoms with E-state index in [0.29, 0.717) is 11.7 Å². The molecule has 0 bridgehead atoms. The van der Waals surface area contributed by atoms with E-state index in [0.717, 1.165) is 32.1 Å². The monoisotopic (exact) mass is 228 g/mol. The van der Waals surface area contributed by atoms with Crippen molar-refractivity contribution in [2.24, 2.45) is 5.92 Å². The number of hydrogen-bond acceptors (Lipinski definition) is 2. The highest BCUT2D eigenvalue weighted by molar-refractivity contribution is 8.01. The smallest absolute Gasteiger partial charge is 0.151 e. The first-order valence-electron chi connectivity index (χ1n) is 6.32. The van der Waals surface area contributed by atoms with Gasteiger partial charge in [-0.25, -0.2) is 0 Å². The van der Waals surface area contributed by atoms with E-state index < -0.39 is 0 Å². The lowest BCUT2D eigenvalue weighted by Crippen LogP contribution is -2.34. The van der Waals surface area contributed by atoms with Crippen LogP contribution < -0.4 is 0 Å². The molecule has 0 saturated carbocycles. The highest BCUT2D eigenvalue weighted by Gasteiger charge is 2.39. The third-order valence-electron chi connectivity index (χ3n) is 3.39. The number of carbonyl (C=O) groups excluding carboxylic acids is 1. The molecule has 0 radical (unpaired) electrons. The minimum Gasteiger partial charge on any atom is -0.298 e. The van der Waals surface area contributed by atoms with E-state index in [-0.39, 0.29) is 4.75 Å². The molecule has 1 fully saturated rings. The van der Waals surface area contributed by atoms with Crippen LogP contribution >= 0.6 is 11.8 Å². The van der Waals surface area contributed by atoms with Crippen molar-refractivity contribution in [1.29, 1.82) is 0 Å². The van der Waals surface area contributed by atoms with Gasteiger partial charge in [-0.15, -0.1) is 11.8 Å². The molecule has 88 valence electrons. The van der Waals surface area contributed by atoms with Gasteiger partial charge < -0.3 is 0 Å². The van der Waals surface area contributed by atoms with E-state index in [9.17, 15) is 4.79 Å². The van der Waals surface area contributed by atoms with Crippen molar-refractivity contribution in [2.75, 3.05) is 5.75 Å². The lowest BCUT2D eigenvalue weighted by atomic mass is 9.85. The molecule has 1 heterocycles. The highest BCUT2D eigenvalue weighted by atomic mass is 32.2. The molecule has 1 rings (SSSR count). The number of hydrogen-bond donors (Lipinski definition) is 0. The largest absolute Gasteiger partial charge is 0.298 e. The van der Waals surface area contributed by atoms with E-state index in [4.69, 9.17) is 0 Å². The lowest BCUT2D eigenvalue weighted by molar-refractivity contribution is -0.125. The van der Waals surface area contributed by atoms with Crippen LogP contribution in [0, 0.1) is 5.92 Å². The first kappa shape index (κ1) is 13.1. The van der Waals surface area contributed by atoms with Gasteiger partial charge in [0.1, 0.15) is 0 Å². The summed E-state index contributed by atoms with van der Waals surface area (Å²) in [4.78, 5) is 12.4. The fourth-order valence-corrected chi connectivity index (χ4v) is 3.85. The van der Waals surface area contributed by atoms with Crippen molar-refractivity contribution >= 4 is 17.5 Å². The summed E-state index contributed by atoms with van der Waals surface area (Å²) in [5.74, 6) is 2.04. The number of thioether (sulfide) groups is 1. The quantitative estimate of drug-likeness (QED) is 0.682. The van der Waals surface area contributed by atoms with Crippen molar-refractivity contribution in [3.63, 3.8) is 0 Å². The molecule has 1 aliphatic heterocycles. The Bertz CT molecular complexity index is 201. The maximum atomic E-state index is 12.4. The van der Waals surface area contributed by atoms with E-state index >= 15 is 0 Å². The van der Waals surface area contributed by atoms with Crippen LogP contribution in [-0.2, 0) is 4.79 Å². The van der Waals surface area contributed by atoms with Crippen LogP contribution in [0.25, 0.3) is 0 Å². The molecule has 0 amide bonds. The minimum atomic E-state index is -0.0466. The third kappa shape index (κ3) is 3.24. The molecule has 0 N–H and O–H groups in total. The Morgan fingerprint density at radius 1 is 1.33 bits per heavy atom. The molecule has 0 aromatic carbocycles. The summed E-state index contributed by atoms with van der Waals surface area (Å²) in [6, 6.07) is 0. The predicted octanol–water partition coefficient (Wildman–Crippen LogP) is 4.06. The molecule has 1 saturated heterocycles. The topological polar surface area (TPSA) is 17.1 Å². The summed E-state index contributed by atoms with van der Waals surface area (Å²) in [6.45, 7) is 6.52. The first-order chi connectivity index (χ1) is 7.14. The molecule has 1 nitrogen and oxygen atoms in total. The molecule has 0 aromatic heterocycles. The first-order valence-corrected chi connectivity index (χ1v) is 7.31. The predicted molar refractivity (Wildman–Crippen MR) is 68.4 cm³/mol. The maximum Gasteiger partial charge on any atom is 0.151 e. The van der Waals surface area contributed by atoms with Crippen molar-refractivity contribution in [1.82, 2.24) is 0 Å². The minimum absolute atomic E-state index is 0.0466. The molecular formula is C13H24OS. The van der Waals surface area contributed by atoms with E-state index in [1.165, 1.54) is 12.2 Å². The summed E-state index contributed by atoms with van der Waals surface area (Å²) in [5.41, 5.74) is 0. The van der Waals surface area contributed by atoms with E-state index in [2.05, 4.69) is 20.8 Å². The van der Waals surface area contributed by atoms with Crippen LogP contribution in [0.2, 0.25) is 0 Å². The molecule has 2 heteroatoms. The van der Waals surface area contributed by atoms with Gasteiger partial charge >= 0.3 is 0 Å². The van der Waals surface area contributed by atoms with Gasteiger partial charge in [0.25, 0.3) is 0 Å². The third-order valence-corrected chi connectivity index (χ3v) is 4.92. The van der Waals surface area contributed by atoms with Gasteiger partial charge in [0.2, 0.25) is 0 Å². The van der Waals surface area contributed by atoms with Crippen molar-refractivity contribution < 1.29 is 4.79 Å². The van der Waals surface area contributed by atoms with Crippen molar-refractivity contribution in [3.8, 4) is 0 Å². The molecular weight excluding hydrogens is 204 g/mol. The number of rotatable bonds is 6. The summed E-state index contributed by atoms with van der Waals surface area (Å²) in [6.07, 6.45) is 6.76. The van der Waals surface area contributed by atoms with Crippen LogP contribution in [0.4, 0.5) is 0 Å². The lowest BCUT2D eigenvalue weighted by Gasteiger charge is -2.26. The Balaban J connectivity index is 2.61. The van der Waals surface area contributed by atoms with Crippen LogP contribution in [0.15, 0.2) is 0 Å². The van der Waals surface area contributed by atoms with Crippen LogP contribution in [0.5, 0.6) is 0 Å². The summed E-state index contributed by atoms with van der Waals surface area (Å²) >= 11 is 1.88. The molecule has 1 unspecified atom stereocenters. The highest BCUT2D eigenvalue weighted by Crippen LogP contribution is 2.41. The average molecular weight is 228 g/mol. The molecule has 15 heavy (non-hydrogen) atoms. The molecule has 0 aliphatic carbocycles. The zero-order valence-corrected chi connectivity index (χ0v) is 11.2. The Hall–Kier alpha value is 0.0200. The number of ketones is 1. The van der Waals surface area contributed by atoms with Crippen LogP contribution in [-0.4, -0.2) is 16.3 Å². The number of Topliss-reactive ketones (excluding diaryl/α,β-unsaturated/α-hetero) is 1.